The number of fused-ring (bicyclic) bond motifs is 1. The summed E-state index contributed by atoms with van der Waals surface area (Å²) >= 11 is 0. The number of aromatic nitrogens is 1. The Labute approximate surface area is 122 Å². The Morgan fingerprint density at radius 1 is 1.19 bits per heavy atom. The maximum absolute atomic E-state index is 12.8. The van der Waals surface area contributed by atoms with Crippen LogP contribution in [0.1, 0.15) is 5.76 Å². The molecule has 21 heavy (non-hydrogen) atoms. The van der Waals surface area contributed by atoms with Gasteiger partial charge in [-0.1, -0.05) is 0 Å². The number of benzene rings is 1. The molecule has 0 radical (unpaired) electrons. The van der Waals surface area contributed by atoms with Crippen molar-refractivity contribution in [1.82, 2.24) is 0 Å². The first-order chi connectivity index (χ1) is 10.1. The van der Waals surface area contributed by atoms with Gasteiger partial charge in [0.15, 0.2) is 6.20 Å². The first-order valence-electron chi connectivity index (χ1n) is 6.68. The quantitative estimate of drug-likeness (QED) is 0.679. The summed E-state index contributed by atoms with van der Waals surface area (Å²) in [5, 5.41) is 0.556. The van der Waals surface area contributed by atoms with Crippen LogP contribution < -0.4 is 14.7 Å². The molecular formula is C17H16NO3+. The molecule has 4 heteroatoms. The third-order valence-corrected chi connectivity index (χ3v) is 3.59. The number of pyridine rings is 1. The largest absolute Gasteiger partial charge is 0.497 e. The summed E-state index contributed by atoms with van der Waals surface area (Å²) < 4.78 is 12.9. The molecule has 0 saturated heterocycles. The fraction of sp³-hybridized carbons (Fsp3) is 0.176. The van der Waals surface area contributed by atoms with Gasteiger partial charge in [-0.3, -0.25) is 4.79 Å². The Kier molecular flexibility index (Phi) is 3.22. The standard InChI is InChI=1S/C17H16NO3/c1-11-16(14-6-4-5-9-18(14)2)17(19)13-8-7-12(20-3)10-15(13)21-11/h4-10H,1-3H3/q+1. The van der Waals surface area contributed by atoms with E-state index < -0.39 is 0 Å². The monoisotopic (exact) mass is 282 g/mol. The molecule has 0 spiro atoms. The molecule has 0 atom stereocenters. The lowest BCUT2D eigenvalue weighted by molar-refractivity contribution is -0.660. The number of nitrogens with zero attached hydrogens (tertiary/aromatic N) is 1. The van der Waals surface area contributed by atoms with Gasteiger partial charge in [-0.05, 0) is 25.1 Å². The molecule has 0 aliphatic carbocycles. The summed E-state index contributed by atoms with van der Waals surface area (Å²) in [5.41, 5.74) is 1.94. The summed E-state index contributed by atoms with van der Waals surface area (Å²) in [6.45, 7) is 1.81. The van der Waals surface area contributed by atoms with Gasteiger partial charge in [-0.2, -0.15) is 0 Å². The van der Waals surface area contributed by atoms with Crippen LogP contribution in [0.4, 0.5) is 0 Å². The molecule has 0 amide bonds. The number of aryl methyl sites for hydroxylation is 2. The average molecular weight is 282 g/mol. The molecule has 0 bridgehead atoms. The van der Waals surface area contributed by atoms with E-state index in [4.69, 9.17) is 9.15 Å². The highest BCUT2D eigenvalue weighted by molar-refractivity contribution is 5.82. The zero-order valence-corrected chi connectivity index (χ0v) is 12.2. The van der Waals surface area contributed by atoms with E-state index in [2.05, 4.69) is 0 Å². The van der Waals surface area contributed by atoms with Crippen molar-refractivity contribution in [3.63, 3.8) is 0 Å². The van der Waals surface area contributed by atoms with Gasteiger partial charge in [0.1, 0.15) is 29.7 Å². The van der Waals surface area contributed by atoms with Crippen molar-refractivity contribution in [2.24, 2.45) is 7.05 Å². The molecule has 0 fully saturated rings. The summed E-state index contributed by atoms with van der Waals surface area (Å²) in [6, 6.07) is 11.0. The predicted octanol–water partition coefficient (Wildman–Crippen LogP) is 2.60. The average Bonchev–Trinajstić information content (AvgIpc) is 2.48. The van der Waals surface area contributed by atoms with Crippen LogP contribution in [-0.2, 0) is 7.05 Å². The van der Waals surface area contributed by atoms with E-state index in [0.29, 0.717) is 28.0 Å². The Morgan fingerprint density at radius 2 is 2.00 bits per heavy atom. The lowest BCUT2D eigenvalue weighted by Crippen LogP contribution is -2.32. The topological polar surface area (TPSA) is 43.3 Å². The van der Waals surface area contributed by atoms with E-state index in [1.54, 1.807) is 25.3 Å². The van der Waals surface area contributed by atoms with Crippen molar-refractivity contribution in [1.29, 1.82) is 0 Å². The van der Waals surface area contributed by atoms with Crippen LogP contribution in [0.3, 0.4) is 0 Å². The zero-order chi connectivity index (χ0) is 15.0. The number of methoxy groups -OCH3 is 1. The van der Waals surface area contributed by atoms with Crippen LogP contribution in [0, 0.1) is 6.92 Å². The molecule has 2 heterocycles. The van der Waals surface area contributed by atoms with E-state index >= 15 is 0 Å². The second-order valence-electron chi connectivity index (χ2n) is 4.92. The Morgan fingerprint density at radius 3 is 2.71 bits per heavy atom. The molecule has 3 rings (SSSR count). The Bertz CT molecular complexity index is 881. The number of rotatable bonds is 2. The zero-order valence-electron chi connectivity index (χ0n) is 12.2. The van der Waals surface area contributed by atoms with Gasteiger partial charge < -0.3 is 9.15 Å². The van der Waals surface area contributed by atoms with Crippen molar-refractivity contribution in [2.75, 3.05) is 7.11 Å². The lowest BCUT2D eigenvalue weighted by Gasteiger charge is -2.06. The maximum Gasteiger partial charge on any atom is 0.219 e. The van der Waals surface area contributed by atoms with E-state index in [-0.39, 0.29) is 5.43 Å². The molecule has 0 N–H and O–H groups in total. The highest BCUT2D eigenvalue weighted by Gasteiger charge is 2.19. The fourth-order valence-corrected chi connectivity index (χ4v) is 2.49. The van der Waals surface area contributed by atoms with Crippen LogP contribution in [-0.4, -0.2) is 7.11 Å². The third kappa shape index (κ3) is 2.18. The summed E-state index contributed by atoms with van der Waals surface area (Å²) in [6.07, 6.45) is 1.91. The van der Waals surface area contributed by atoms with Crippen molar-refractivity contribution >= 4 is 11.0 Å². The highest BCUT2D eigenvalue weighted by atomic mass is 16.5. The maximum atomic E-state index is 12.8. The molecule has 106 valence electrons. The molecule has 4 nitrogen and oxygen atoms in total. The number of hydrogen-bond acceptors (Lipinski definition) is 3. The molecule has 0 aliphatic rings. The molecular weight excluding hydrogens is 266 g/mol. The van der Waals surface area contributed by atoms with Crippen LogP contribution >= 0.6 is 0 Å². The predicted molar refractivity (Wildman–Crippen MR) is 80.4 cm³/mol. The normalized spacial score (nSPS) is 10.8. The highest BCUT2D eigenvalue weighted by Crippen LogP contribution is 2.24. The first kappa shape index (κ1) is 13.4. The van der Waals surface area contributed by atoms with E-state index in [1.165, 1.54) is 0 Å². The number of ether oxygens (including phenoxy) is 1. The second-order valence-corrected chi connectivity index (χ2v) is 4.92. The van der Waals surface area contributed by atoms with Gasteiger partial charge in [0.05, 0.1) is 12.5 Å². The van der Waals surface area contributed by atoms with Gasteiger partial charge in [-0.25, -0.2) is 4.57 Å². The first-order valence-corrected chi connectivity index (χ1v) is 6.68. The van der Waals surface area contributed by atoms with Crippen LogP contribution in [0.25, 0.3) is 22.2 Å². The van der Waals surface area contributed by atoms with Crippen LogP contribution in [0.5, 0.6) is 5.75 Å². The summed E-state index contributed by atoms with van der Waals surface area (Å²) in [7, 11) is 3.50. The Hall–Kier alpha value is -2.62. The lowest BCUT2D eigenvalue weighted by atomic mass is 10.1. The van der Waals surface area contributed by atoms with Crippen LogP contribution in [0.2, 0.25) is 0 Å². The SMILES string of the molecule is COc1ccc2c(=O)c(-c3cccc[n+]3C)c(C)oc2c1. The van der Waals surface area contributed by atoms with Crippen LogP contribution in [0.15, 0.2) is 51.8 Å². The van der Waals surface area contributed by atoms with Crippen molar-refractivity contribution in [3.8, 4) is 17.0 Å². The molecule has 0 aliphatic heterocycles. The number of hydrogen-bond donors (Lipinski definition) is 0. The molecule has 0 saturated carbocycles. The van der Waals surface area contributed by atoms with Crippen molar-refractivity contribution in [3.05, 3.63) is 58.6 Å². The van der Waals surface area contributed by atoms with E-state index in [1.807, 2.05) is 42.9 Å². The second kappa shape index (κ2) is 5.05. The summed E-state index contributed by atoms with van der Waals surface area (Å²) in [4.78, 5) is 12.8. The van der Waals surface area contributed by atoms with Gasteiger partial charge in [0.2, 0.25) is 11.1 Å². The van der Waals surface area contributed by atoms with Gasteiger partial charge in [-0.15, -0.1) is 0 Å². The third-order valence-electron chi connectivity index (χ3n) is 3.59. The molecule has 2 aromatic heterocycles. The smallest absolute Gasteiger partial charge is 0.219 e. The minimum absolute atomic E-state index is 0.0294. The van der Waals surface area contributed by atoms with Gasteiger partial charge >= 0.3 is 0 Å². The van der Waals surface area contributed by atoms with Gasteiger partial charge in [0, 0.05) is 18.2 Å². The minimum atomic E-state index is -0.0294. The van der Waals surface area contributed by atoms with Gasteiger partial charge in [0.25, 0.3) is 0 Å². The molecule has 0 unspecified atom stereocenters. The molecule has 1 aromatic carbocycles. The van der Waals surface area contributed by atoms with Crippen molar-refractivity contribution < 1.29 is 13.7 Å². The van der Waals surface area contributed by atoms with Crippen molar-refractivity contribution in [2.45, 2.75) is 6.92 Å². The Balaban J connectivity index is 2.36. The minimum Gasteiger partial charge on any atom is -0.497 e. The molecule has 3 aromatic rings. The summed E-state index contributed by atoms with van der Waals surface area (Å²) in [5.74, 6) is 1.27. The van der Waals surface area contributed by atoms with E-state index in [0.717, 1.165) is 5.69 Å². The fourth-order valence-electron chi connectivity index (χ4n) is 2.49. The van der Waals surface area contributed by atoms with E-state index in [9.17, 15) is 4.79 Å².